The zero-order valence-electron chi connectivity index (χ0n) is 24.6. The maximum atomic E-state index is 14.7. The molecule has 3 aliphatic rings. The zero-order valence-corrected chi connectivity index (χ0v) is 25.7. The van der Waals surface area contributed by atoms with Crippen LogP contribution in [0.2, 0.25) is 0 Å². The number of hydrogen-bond acceptors (Lipinski definition) is 3. The number of phenols is 1. The molecule has 0 aromatic heterocycles. The number of alkyl halides is 1. The van der Waals surface area contributed by atoms with Gasteiger partial charge in [-0.05, 0) is 103 Å². The molecule has 4 unspecified atom stereocenters. The Bertz CT molecular complexity index is 1480. The van der Waals surface area contributed by atoms with Gasteiger partial charge in [0.2, 0.25) is 0 Å². The monoisotopic (exact) mass is 568 g/mol. The molecule has 1 N–H and O–H groups in total. The van der Waals surface area contributed by atoms with Crippen LogP contribution in [0, 0.1) is 11.3 Å². The second-order valence-electron chi connectivity index (χ2n) is 13.0. The summed E-state index contributed by atoms with van der Waals surface area (Å²) in [6, 6.07) is 21.8. The van der Waals surface area contributed by atoms with Crippen LogP contribution in [0.25, 0.3) is 16.8 Å². The lowest BCUT2D eigenvalue weighted by Crippen LogP contribution is -2.39. The lowest BCUT2D eigenvalue weighted by Gasteiger charge is -2.42. The number of aliphatic imine (C=N–C) groups is 1. The molecular weight excluding hydrogens is 526 g/mol. The van der Waals surface area contributed by atoms with Gasteiger partial charge >= 0.3 is 0 Å². The van der Waals surface area contributed by atoms with E-state index in [9.17, 15) is 9.50 Å². The van der Waals surface area contributed by atoms with Gasteiger partial charge in [-0.15, -0.1) is 0 Å². The Balaban J connectivity index is 1.44. The largest absolute Gasteiger partial charge is 0.508 e. The Morgan fingerprint density at radius 3 is 2.37 bits per heavy atom. The van der Waals surface area contributed by atoms with Crippen molar-refractivity contribution in [3.8, 4) is 16.9 Å². The average Bonchev–Trinajstić information content (AvgIpc) is 3.78. The molecule has 0 amide bonds. The highest BCUT2D eigenvalue weighted by atomic mass is 31.0. The Labute approximate surface area is 246 Å². The van der Waals surface area contributed by atoms with E-state index < -0.39 is 5.41 Å². The Morgan fingerprint density at radius 2 is 1.71 bits per heavy atom. The molecule has 3 nitrogen and oxygen atoms in total. The first-order valence-electron chi connectivity index (χ1n) is 15.2. The van der Waals surface area contributed by atoms with Gasteiger partial charge in [0.15, 0.2) is 0 Å². The summed E-state index contributed by atoms with van der Waals surface area (Å²) in [7, 11) is 2.30. The van der Waals surface area contributed by atoms with Crippen molar-refractivity contribution >= 4 is 26.5 Å². The second kappa shape index (κ2) is 11.0. The molecule has 0 bridgehead atoms. The van der Waals surface area contributed by atoms with E-state index in [0.29, 0.717) is 16.9 Å². The standard InChI is InChI=1S/C36H42FN2OP/c1-4-19-35(2)20-5-6-24(22-35)23-39-33(26-7-8-26)31-21-28(25-11-16-30(40)17-12-25)13-18-32(31)38-34(39)27-9-14-29(15-10-27)36(3,37)41/h9-18,21,24,40H,4-8,19-20,22-23,41H2,1-3H3. The van der Waals surface area contributed by atoms with Crippen LogP contribution in [0.1, 0.15) is 88.8 Å². The number of hydrogen-bond donors (Lipinski definition) is 1. The number of aromatic hydroxyl groups is 1. The van der Waals surface area contributed by atoms with Crippen molar-refractivity contribution in [3.05, 3.63) is 89.0 Å². The van der Waals surface area contributed by atoms with Gasteiger partial charge in [0.25, 0.3) is 0 Å². The van der Waals surface area contributed by atoms with E-state index in [1.807, 2.05) is 36.4 Å². The predicted molar refractivity (Wildman–Crippen MR) is 172 cm³/mol. The summed E-state index contributed by atoms with van der Waals surface area (Å²) in [6.07, 6.45) is 9.86. The molecule has 2 saturated carbocycles. The van der Waals surface area contributed by atoms with E-state index in [4.69, 9.17) is 4.99 Å². The van der Waals surface area contributed by atoms with Crippen molar-refractivity contribution in [2.75, 3.05) is 6.54 Å². The lowest BCUT2D eigenvalue weighted by atomic mass is 9.68. The highest BCUT2D eigenvalue weighted by Gasteiger charge is 2.37. The number of allylic oxidation sites excluding steroid dienone is 1. The minimum atomic E-state index is -1.46. The van der Waals surface area contributed by atoms with E-state index in [1.54, 1.807) is 19.1 Å². The van der Waals surface area contributed by atoms with Crippen LogP contribution >= 0.6 is 9.24 Å². The molecule has 3 aromatic carbocycles. The SMILES string of the molecule is CCCC1(C)CCCC(CN2C(c3ccc(C(C)(F)P)cc3)=Nc3ccc(-c4ccc(O)cc4)cc3C2=C2CC2)C1. The first-order valence-corrected chi connectivity index (χ1v) is 15.8. The maximum absolute atomic E-state index is 14.7. The molecule has 2 fully saturated rings. The molecule has 0 radical (unpaired) electrons. The summed E-state index contributed by atoms with van der Waals surface area (Å²) in [6.45, 7) is 7.32. The van der Waals surface area contributed by atoms with Gasteiger partial charge in [0, 0.05) is 17.7 Å². The first kappa shape index (κ1) is 28.2. The fourth-order valence-electron chi connectivity index (χ4n) is 7.07. The minimum absolute atomic E-state index is 0.274. The Hall–Kier alpha value is -2.97. The van der Waals surface area contributed by atoms with E-state index in [0.717, 1.165) is 47.6 Å². The number of nitrogens with zero attached hydrogens (tertiary/aromatic N) is 2. The van der Waals surface area contributed by atoms with Crippen molar-refractivity contribution in [2.45, 2.75) is 77.5 Å². The number of phenolic OH excluding ortho intramolecular Hbond substituents is 1. The summed E-state index contributed by atoms with van der Waals surface area (Å²) in [5, 5.41) is 8.36. The van der Waals surface area contributed by atoms with Gasteiger partial charge in [-0.1, -0.05) is 78.4 Å². The molecule has 1 heterocycles. The van der Waals surface area contributed by atoms with Gasteiger partial charge in [-0.3, -0.25) is 0 Å². The molecule has 6 rings (SSSR count). The third-order valence-electron chi connectivity index (χ3n) is 9.22. The van der Waals surface area contributed by atoms with Gasteiger partial charge < -0.3 is 10.0 Å². The molecule has 41 heavy (non-hydrogen) atoms. The fraction of sp³-hybridized carbons (Fsp3) is 0.417. The first-order chi connectivity index (χ1) is 19.6. The van der Waals surface area contributed by atoms with Crippen LogP contribution in [0.5, 0.6) is 5.75 Å². The number of benzene rings is 3. The van der Waals surface area contributed by atoms with Gasteiger partial charge in [-0.2, -0.15) is 0 Å². The van der Waals surface area contributed by atoms with Crippen molar-refractivity contribution in [2.24, 2.45) is 16.3 Å². The van der Waals surface area contributed by atoms with Crippen molar-refractivity contribution in [1.82, 2.24) is 4.90 Å². The van der Waals surface area contributed by atoms with E-state index in [2.05, 4.69) is 46.2 Å². The van der Waals surface area contributed by atoms with Gasteiger partial charge in [0.05, 0.1) is 11.4 Å². The van der Waals surface area contributed by atoms with Crippen molar-refractivity contribution in [1.29, 1.82) is 0 Å². The maximum Gasteiger partial charge on any atom is 0.145 e. The van der Waals surface area contributed by atoms with Crippen LogP contribution < -0.4 is 0 Å². The molecule has 0 spiro atoms. The molecule has 214 valence electrons. The normalized spacial score (nSPS) is 23.6. The molecule has 4 atom stereocenters. The van der Waals surface area contributed by atoms with E-state index >= 15 is 0 Å². The number of rotatable bonds is 7. The van der Waals surface area contributed by atoms with Crippen LogP contribution in [0.4, 0.5) is 10.1 Å². The number of halogens is 1. The topological polar surface area (TPSA) is 35.8 Å². The number of amidine groups is 1. The summed E-state index contributed by atoms with van der Waals surface area (Å²) in [5.41, 5.74) is 9.28. The fourth-order valence-corrected chi connectivity index (χ4v) is 7.26. The third kappa shape index (κ3) is 6.00. The van der Waals surface area contributed by atoms with Gasteiger partial charge in [0.1, 0.15) is 17.0 Å². The Kier molecular flexibility index (Phi) is 7.57. The van der Waals surface area contributed by atoms with Crippen molar-refractivity contribution < 1.29 is 9.50 Å². The summed E-state index contributed by atoms with van der Waals surface area (Å²) < 4.78 is 14.7. The highest BCUT2D eigenvalue weighted by Crippen LogP contribution is 2.48. The molecule has 2 aliphatic carbocycles. The Morgan fingerprint density at radius 1 is 1.02 bits per heavy atom. The van der Waals surface area contributed by atoms with E-state index in [-0.39, 0.29) is 5.75 Å². The predicted octanol–water partition coefficient (Wildman–Crippen LogP) is 9.97. The second-order valence-corrected chi connectivity index (χ2v) is 14.0. The van der Waals surface area contributed by atoms with Crippen LogP contribution in [-0.2, 0) is 5.41 Å². The smallest absolute Gasteiger partial charge is 0.145 e. The molecule has 3 aromatic rings. The minimum Gasteiger partial charge on any atom is -0.508 e. The molecule has 1 aliphatic heterocycles. The number of fused-ring (bicyclic) bond motifs is 1. The van der Waals surface area contributed by atoms with Crippen LogP contribution in [-0.4, -0.2) is 22.4 Å². The van der Waals surface area contributed by atoms with E-state index in [1.165, 1.54) is 55.4 Å². The molecular formula is C36H42FN2OP. The quantitative estimate of drug-likeness (QED) is 0.288. The third-order valence-corrected chi connectivity index (χ3v) is 9.55. The summed E-state index contributed by atoms with van der Waals surface area (Å²) in [4.78, 5) is 7.82. The molecule has 0 saturated heterocycles. The zero-order chi connectivity index (χ0) is 28.8. The van der Waals surface area contributed by atoms with Gasteiger partial charge in [-0.25, -0.2) is 9.38 Å². The summed E-state index contributed by atoms with van der Waals surface area (Å²) >= 11 is 0. The average molecular weight is 569 g/mol. The highest BCUT2D eigenvalue weighted by molar-refractivity contribution is 7.18. The summed E-state index contributed by atoms with van der Waals surface area (Å²) in [5.74, 6) is 1.85. The van der Waals surface area contributed by atoms with Crippen molar-refractivity contribution in [3.63, 3.8) is 0 Å². The van der Waals surface area contributed by atoms with Crippen LogP contribution in [0.3, 0.4) is 0 Å². The molecule has 5 heteroatoms. The van der Waals surface area contributed by atoms with Crippen LogP contribution in [0.15, 0.2) is 77.3 Å². The lowest BCUT2D eigenvalue weighted by molar-refractivity contribution is 0.136.